The Bertz CT molecular complexity index is 866. The van der Waals surface area contributed by atoms with Crippen molar-refractivity contribution < 1.29 is 23.9 Å². The maximum atomic E-state index is 12.5. The Hall–Kier alpha value is -2.10. The first-order valence-corrected chi connectivity index (χ1v) is 10.7. The zero-order valence-corrected chi connectivity index (χ0v) is 18.3. The van der Waals surface area contributed by atoms with Crippen LogP contribution in [0.5, 0.6) is 5.75 Å². The molecular weight excluding hydrogens is 460 g/mol. The molecule has 2 saturated heterocycles. The summed E-state index contributed by atoms with van der Waals surface area (Å²) < 4.78 is 11.5. The largest absolute Gasteiger partial charge is 0.483 e. The van der Waals surface area contributed by atoms with Crippen LogP contribution in [0.4, 0.5) is 4.79 Å². The normalized spacial score (nSPS) is 19.6. The molecule has 1 unspecified atom stereocenters. The Kier molecular flexibility index (Phi) is 7.15. The van der Waals surface area contributed by atoms with Crippen LogP contribution in [0, 0.1) is 0 Å². The van der Waals surface area contributed by atoms with Crippen molar-refractivity contribution in [3.8, 4) is 5.75 Å². The minimum absolute atomic E-state index is 0.0592. The third kappa shape index (κ3) is 5.09. The maximum absolute atomic E-state index is 12.5. The van der Waals surface area contributed by atoms with Gasteiger partial charge in [0.15, 0.2) is 6.61 Å². The van der Waals surface area contributed by atoms with Gasteiger partial charge in [0.2, 0.25) is 0 Å². The lowest BCUT2D eigenvalue weighted by molar-refractivity contribution is -0.137. The van der Waals surface area contributed by atoms with E-state index in [-0.39, 0.29) is 29.7 Å². The van der Waals surface area contributed by atoms with Gasteiger partial charge in [-0.25, -0.2) is 0 Å². The van der Waals surface area contributed by atoms with Crippen LogP contribution in [0.25, 0.3) is 6.08 Å². The molecule has 0 aliphatic carbocycles. The molecule has 0 radical (unpaired) electrons. The number of ether oxygens (including phenoxy) is 2. The number of benzene rings is 1. The lowest BCUT2D eigenvalue weighted by atomic mass is 10.2. The number of imide groups is 1. The highest BCUT2D eigenvalue weighted by atomic mass is 79.9. The molecule has 154 valence electrons. The molecule has 0 aromatic heterocycles. The molecule has 1 atom stereocenters. The molecule has 7 nitrogen and oxygen atoms in total. The minimum atomic E-state index is -0.361. The summed E-state index contributed by atoms with van der Waals surface area (Å²) in [6, 6.07) is 4.91. The molecule has 2 aliphatic rings. The van der Waals surface area contributed by atoms with Crippen LogP contribution in [-0.4, -0.2) is 65.8 Å². The van der Waals surface area contributed by atoms with E-state index in [1.807, 2.05) is 0 Å². The second kappa shape index (κ2) is 9.60. The Morgan fingerprint density at radius 2 is 2.10 bits per heavy atom. The summed E-state index contributed by atoms with van der Waals surface area (Å²) in [7, 11) is 0. The number of morpholine rings is 1. The Morgan fingerprint density at radius 3 is 2.76 bits per heavy atom. The maximum Gasteiger partial charge on any atom is 0.294 e. The van der Waals surface area contributed by atoms with Crippen molar-refractivity contribution in [1.82, 2.24) is 9.80 Å². The quantitative estimate of drug-likeness (QED) is 0.459. The molecule has 9 heteroatoms. The number of hydrogen-bond donors (Lipinski definition) is 0. The third-order valence-corrected chi connectivity index (χ3v) is 6.04. The minimum Gasteiger partial charge on any atom is -0.483 e. The number of carbonyl (C=O) groups is 3. The average Bonchev–Trinajstić information content (AvgIpc) is 3.00. The molecule has 0 bridgehead atoms. The molecule has 3 amide bonds. The molecular formula is C20H21BrN2O5S. The first kappa shape index (κ1) is 21.6. The molecule has 0 N–H and O–H groups in total. The number of thioether (sulfide) groups is 1. The summed E-state index contributed by atoms with van der Waals surface area (Å²) in [5.74, 6) is 0.103. The van der Waals surface area contributed by atoms with Gasteiger partial charge in [0.25, 0.3) is 17.1 Å². The van der Waals surface area contributed by atoms with E-state index >= 15 is 0 Å². The van der Waals surface area contributed by atoms with Crippen LogP contribution in [0.15, 0.2) is 40.2 Å². The fourth-order valence-electron chi connectivity index (χ4n) is 2.86. The van der Waals surface area contributed by atoms with Crippen LogP contribution in [0.3, 0.4) is 0 Å². The van der Waals surface area contributed by atoms with Crippen LogP contribution in [-0.2, 0) is 14.3 Å². The predicted molar refractivity (Wildman–Crippen MR) is 115 cm³/mol. The number of carbonyl (C=O) groups excluding carboxylic acids is 3. The van der Waals surface area contributed by atoms with Crippen molar-refractivity contribution in [2.24, 2.45) is 0 Å². The van der Waals surface area contributed by atoms with E-state index < -0.39 is 0 Å². The Balaban J connectivity index is 1.65. The third-order valence-electron chi connectivity index (χ3n) is 4.54. The second-order valence-corrected chi connectivity index (χ2v) is 8.35. The summed E-state index contributed by atoms with van der Waals surface area (Å²) in [5.41, 5.74) is 0.737. The Morgan fingerprint density at radius 1 is 1.38 bits per heavy atom. The average molecular weight is 481 g/mol. The number of hydrogen-bond acceptors (Lipinski definition) is 6. The van der Waals surface area contributed by atoms with Crippen LogP contribution in [0.2, 0.25) is 0 Å². The SMILES string of the molecule is C=CC(C)N1C(=O)SC(=Cc2ccc(OCC(=O)N3CCOCC3)c(Br)c2)C1=O. The summed E-state index contributed by atoms with van der Waals surface area (Å²) in [6.45, 7) is 7.55. The van der Waals surface area contributed by atoms with E-state index in [0.29, 0.717) is 41.4 Å². The highest BCUT2D eigenvalue weighted by molar-refractivity contribution is 9.10. The number of amides is 3. The first-order valence-electron chi connectivity index (χ1n) is 9.08. The van der Waals surface area contributed by atoms with Crippen molar-refractivity contribution in [3.05, 3.63) is 45.8 Å². The van der Waals surface area contributed by atoms with E-state index in [9.17, 15) is 14.4 Å². The molecule has 2 fully saturated rings. The second-order valence-electron chi connectivity index (χ2n) is 6.50. The molecule has 29 heavy (non-hydrogen) atoms. The zero-order chi connectivity index (χ0) is 21.0. The summed E-state index contributed by atoms with van der Waals surface area (Å²) in [6.07, 6.45) is 3.22. The van der Waals surface area contributed by atoms with E-state index in [1.165, 1.54) is 4.90 Å². The van der Waals surface area contributed by atoms with E-state index in [0.717, 1.165) is 17.3 Å². The Labute approximate surface area is 181 Å². The van der Waals surface area contributed by atoms with Gasteiger partial charge in [-0.15, -0.1) is 6.58 Å². The lowest BCUT2D eigenvalue weighted by Crippen LogP contribution is -2.43. The smallest absolute Gasteiger partial charge is 0.294 e. The topological polar surface area (TPSA) is 76.2 Å². The van der Waals surface area contributed by atoms with Gasteiger partial charge in [0, 0.05) is 13.1 Å². The van der Waals surface area contributed by atoms with E-state index in [2.05, 4.69) is 22.5 Å². The van der Waals surface area contributed by atoms with Gasteiger partial charge in [-0.05, 0) is 58.4 Å². The monoisotopic (exact) mass is 480 g/mol. The number of nitrogens with zero attached hydrogens (tertiary/aromatic N) is 2. The highest BCUT2D eigenvalue weighted by Gasteiger charge is 2.37. The van der Waals surface area contributed by atoms with Crippen molar-refractivity contribution in [2.75, 3.05) is 32.9 Å². The van der Waals surface area contributed by atoms with E-state index in [1.54, 1.807) is 42.2 Å². The highest BCUT2D eigenvalue weighted by Crippen LogP contribution is 2.35. The van der Waals surface area contributed by atoms with Gasteiger partial charge < -0.3 is 14.4 Å². The van der Waals surface area contributed by atoms with Gasteiger partial charge in [-0.2, -0.15) is 0 Å². The van der Waals surface area contributed by atoms with Crippen LogP contribution < -0.4 is 4.74 Å². The molecule has 1 aromatic carbocycles. The molecule has 0 spiro atoms. The lowest BCUT2D eigenvalue weighted by Gasteiger charge is -2.26. The fraction of sp³-hybridized carbons (Fsp3) is 0.350. The summed E-state index contributed by atoms with van der Waals surface area (Å²) >= 11 is 4.34. The van der Waals surface area contributed by atoms with Crippen LogP contribution in [0.1, 0.15) is 12.5 Å². The van der Waals surface area contributed by atoms with Gasteiger partial charge >= 0.3 is 0 Å². The van der Waals surface area contributed by atoms with Gasteiger partial charge in [-0.3, -0.25) is 19.3 Å². The van der Waals surface area contributed by atoms with Gasteiger partial charge in [0.1, 0.15) is 5.75 Å². The predicted octanol–water partition coefficient (Wildman–Crippen LogP) is 3.30. The van der Waals surface area contributed by atoms with Crippen molar-refractivity contribution in [2.45, 2.75) is 13.0 Å². The summed E-state index contributed by atoms with van der Waals surface area (Å²) in [4.78, 5) is 40.0. The number of halogens is 1. The first-order chi connectivity index (χ1) is 13.9. The molecule has 1 aromatic rings. The molecule has 3 rings (SSSR count). The van der Waals surface area contributed by atoms with Crippen molar-refractivity contribution in [3.63, 3.8) is 0 Å². The van der Waals surface area contributed by atoms with Crippen LogP contribution >= 0.6 is 27.7 Å². The van der Waals surface area contributed by atoms with Gasteiger partial charge in [-0.1, -0.05) is 12.1 Å². The van der Waals surface area contributed by atoms with Gasteiger partial charge in [0.05, 0.1) is 28.6 Å². The molecule has 2 heterocycles. The van der Waals surface area contributed by atoms with Crippen molar-refractivity contribution >= 4 is 50.8 Å². The van der Waals surface area contributed by atoms with Crippen molar-refractivity contribution in [1.29, 1.82) is 0 Å². The number of rotatable bonds is 6. The van der Waals surface area contributed by atoms with E-state index in [4.69, 9.17) is 9.47 Å². The molecule has 0 saturated carbocycles. The fourth-order valence-corrected chi connectivity index (χ4v) is 4.28. The standard InChI is InChI=1S/C20H21BrN2O5S/c1-3-13(2)23-19(25)17(29-20(23)26)11-14-4-5-16(15(21)10-14)28-12-18(24)22-6-8-27-9-7-22/h3-5,10-11,13H,1,6-9,12H2,2H3. The zero-order valence-electron chi connectivity index (χ0n) is 15.9. The summed E-state index contributed by atoms with van der Waals surface area (Å²) in [5, 5.41) is -0.311. The molecule has 2 aliphatic heterocycles.